The summed E-state index contributed by atoms with van der Waals surface area (Å²) in [6, 6.07) is 0. The van der Waals surface area contributed by atoms with E-state index in [0.29, 0.717) is 0 Å². The quantitative estimate of drug-likeness (QED) is 0.513. The second-order valence-electron chi connectivity index (χ2n) is 1.40. The summed E-state index contributed by atoms with van der Waals surface area (Å²) >= 11 is 0. The highest BCUT2D eigenvalue weighted by atomic mass is 17.2. The lowest BCUT2D eigenvalue weighted by Gasteiger charge is -2.08. The van der Waals surface area contributed by atoms with Gasteiger partial charge in [0.2, 0.25) is 0 Å². The summed E-state index contributed by atoms with van der Waals surface area (Å²) in [7, 11) is 0. The van der Waals surface area contributed by atoms with E-state index in [1.165, 1.54) is 0 Å². The first-order chi connectivity index (χ1) is 4.50. The van der Waals surface area contributed by atoms with E-state index in [2.05, 4.69) is 19.7 Å². The highest BCUT2D eigenvalue weighted by Crippen LogP contribution is 1.87. The Hall–Kier alpha value is -0.870. The van der Waals surface area contributed by atoms with Crippen LogP contribution in [0.25, 0.3) is 0 Å². The van der Waals surface area contributed by atoms with Crippen molar-refractivity contribution in [3.63, 3.8) is 0 Å². The molecule has 1 saturated heterocycles. The molecule has 1 N–H and O–H groups in total. The predicted molar refractivity (Wildman–Crippen MR) is 30.5 cm³/mol. The van der Waals surface area contributed by atoms with Gasteiger partial charge in [0.05, 0.1) is 6.33 Å². The van der Waals surface area contributed by atoms with Crippen LogP contribution >= 0.6 is 0 Å². The molecule has 4 heteroatoms. The summed E-state index contributed by atoms with van der Waals surface area (Å²) in [5, 5.41) is 0. The zero-order valence-corrected chi connectivity index (χ0v) is 4.91. The molecule has 2 rings (SSSR count). The third-order valence-corrected chi connectivity index (χ3v) is 0.739. The normalized spacial score (nSPS) is 15.1. The highest BCUT2D eigenvalue weighted by molar-refractivity contribution is 4.64. The molecule has 1 aromatic heterocycles. The smallest absolute Gasteiger partial charge is 0.109 e. The molecule has 1 aliphatic rings. The molecule has 0 radical (unpaired) electrons. The third-order valence-electron chi connectivity index (χ3n) is 0.739. The van der Waals surface area contributed by atoms with Crippen LogP contribution in [0, 0.1) is 0 Å². The fourth-order valence-corrected chi connectivity index (χ4v) is 0.298. The van der Waals surface area contributed by atoms with E-state index < -0.39 is 0 Å². The molecule has 0 amide bonds. The van der Waals surface area contributed by atoms with Crippen molar-refractivity contribution in [1.82, 2.24) is 9.97 Å². The lowest BCUT2D eigenvalue weighted by Crippen LogP contribution is -2.14. The lowest BCUT2D eigenvalue weighted by atomic mass is 10.8. The average Bonchev–Trinajstić information content (AvgIpc) is 2.07. The van der Waals surface area contributed by atoms with Crippen molar-refractivity contribution in [2.45, 2.75) is 0 Å². The van der Waals surface area contributed by atoms with Crippen molar-refractivity contribution in [2.75, 3.05) is 13.2 Å². The van der Waals surface area contributed by atoms with Gasteiger partial charge in [-0.1, -0.05) is 0 Å². The van der Waals surface area contributed by atoms with Crippen LogP contribution in [0.4, 0.5) is 0 Å². The van der Waals surface area contributed by atoms with E-state index in [9.17, 15) is 0 Å². The number of aromatic amines is 1. The molecule has 9 heavy (non-hydrogen) atoms. The Morgan fingerprint density at radius 2 is 2.00 bits per heavy atom. The molecule has 0 aliphatic carbocycles. The number of nitrogens with zero attached hydrogens (tertiary/aromatic N) is 1. The maximum absolute atomic E-state index is 4.22. The minimum absolute atomic E-state index is 0.778. The number of nitrogens with one attached hydrogen (secondary N) is 1. The Morgan fingerprint density at radius 3 is 2.11 bits per heavy atom. The Labute approximate surface area is 52.7 Å². The Bertz CT molecular complexity index is 104. The summed E-state index contributed by atoms with van der Waals surface area (Å²) in [6.07, 6.45) is 5.08. The Morgan fingerprint density at radius 1 is 1.33 bits per heavy atom. The number of aromatic nitrogens is 2. The van der Waals surface area contributed by atoms with Crippen LogP contribution in [0.2, 0.25) is 0 Å². The van der Waals surface area contributed by atoms with Crippen molar-refractivity contribution >= 4 is 0 Å². The molecule has 0 bridgehead atoms. The van der Waals surface area contributed by atoms with E-state index in [0.717, 1.165) is 13.2 Å². The van der Waals surface area contributed by atoms with Crippen molar-refractivity contribution < 1.29 is 9.78 Å². The van der Waals surface area contributed by atoms with Gasteiger partial charge in [0.25, 0.3) is 0 Å². The first-order valence-corrected chi connectivity index (χ1v) is 2.67. The van der Waals surface area contributed by atoms with Crippen LogP contribution in [-0.4, -0.2) is 23.2 Å². The third kappa shape index (κ3) is 2.84. The van der Waals surface area contributed by atoms with Crippen molar-refractivity contribution in [1.29, 1.82) is 0 Å². The molecule has 0 unspecified atom stereocenters. The summed E-state index contributed by atoms with van der Waals surface area (Å²) in [5.41, 5.74) is 0. The van der Waals surface area contributed by atoms with Gasteiger partial charge in [0.1, 0.15) is 13.2 Å². The van der Waals surface area contributed by atoms with Gasteiger partial charge in [-0.05, 0) is 0 Å². The number of H-pyrrole nitrogens is 1. The van der Waals surface area contributed by atoms with Crippen LogP contribution in [0.3, 0.4) is 0 Å². The molecule has 2 heterocycles. The van der Waals surface area contributed by atoms with Crippen LogP contribution in [0.15, 0.2) is 18.7 Å². The van der Waals surface area contributed by atoms with Gasteiger partial charge in [0.15, 0.2) is 0 Å². The minimum atomic E-state index is 0.778. The molecule has 0 atom stereocenters. The van der Waals surface area contributed by atoms with Gasteiger partial charge in [-0.2, -0.15) is 0 Å². The molecule has 0 spiro atoms. The molecule has 0 aromatic carbocycles. The molecule has 0 saturated carbocycles. The lowest BCUT2D eigenvalue weighted by molar-refractivity contribution is -0.382. The number of hydrogen-bond acceptors (Lipinski definition) is 3. The van der Waals surface area contributed by atoms with Gasteiger partial charge in [-0.3, -0.25) is 0 Å². The molecule has 50 valence electrons. The molecule has 1 aromatic rings. The van der Waals surface area contributed by atoms with Crippen LogP contribution in [-0.2, 0) is 9.78 Å². The molecular weight excluding hydrogens is 120 g/mol. The first-order valence-electron chi connectivity index (χ1n) is 2.67. The summed E-state index contributed by atoms with van der Waals surface area (Å²) in [4.78, 5) is 14.9. The highest BCUT2D eigenvalue weighted by Gasteiger charge is 1.95. The molecule has 1 aliphatic heterocycles. The summed E-state index contributed by atoms with van der Waals surface area (Å²) in [5.74, 6) is 0. The average molecular weight is 128 g/mol. The summed E-state index contributed by atoms with van der Waals surface area (Å²) in [6.45, 7) is 1.56. The van der Waals surface area contributed by atoms with E-state index in [4.69, 9.17) is 0 Å². The number of hydrogen-bond donors (Lipinski definition) is 1. The first kappa shape index (κ1) is 6.25. The second-order valence-corrected chi connectivity index (χ2v) is 1.40. The van der Waals surface area contributed by atoms with Gasteiger partial charge in [-0.25, -0.2) is 14.8 Å². The van der Waals surface area contributed by atoms with Gasteiger partial charge in [0, 0.05) is 12.4 Å². The monoisotopic (exact) mass is 128 g/mol. The van der Waals surface area contributed by atoms with E-state index in [1.807, 2.05) is 0 Å². The predicted octanol–water partition coefficient (Wildman–Crippen LogP) is 0.358. The standard InChI is InChI=1S/C3H4N2.C2H4O2/c1-2-5-3-4-1;1-2-4-3-1/h1-3H,(H,4,5);1-2H2. The maximum atomic E-state index is 4.22. The van der Waals surface area contributed by atoms with E-state index in [1.54, 1.807) is 18.7 Å². The summed E-state index contributed by atoms with van der Waals surface area (Å²) < 4.78 is 0. The molecule has 4 nitrogen and oxygen atoms in total. The number of imidazole rings is 1. The minimum Gasteiger partial charge on any atom is -0.351 e. The van der Waals surface area contributed by atoms with E-state index in [-0.39, 0.29) is 0 Å². The van der Waals surface area contributed by atoms with Gasteiger partial charge in [-0.15, -0.1) is 0 Å². The Balaban J connectivity index is 0.0000000922. The largest absolute Gasteiger partial charge is 0.351 e. The zero-order chi connectivity index (χ0) is 6.36. The fourth-order valence-electron chi connectivity index (χ4n) is 0.298. The van der Waals surface area contributed by atoms with Crippen molar-refractivity contribution in [3.05, 3.63) is 18.7 Å². The fraction of sp³-hybridized carbons (Fsp3) is 0.400. The van der Waals surface area contributed by atoms with Gasteiger partial charge >= 0.3 is 0 Å². The second kappa shape index (κ2) is 4.05. The number of rotatable bonds is 0. The van der Waals surface area contributed by atoms with Crippen LogP contribution < -0.4 is 0 Å². The maximum Gasteiger partial charge on any atom is 0.109 e. The van der Waals surface area contributed by atoms with Gasteiger partial charge < -0.3 is 4.98 Å². The van der Waals surface area contributed by atoms with Crippen LogP contribution in [0.1, 0.15) is 0 Å². The topological polar surface area (TPSA) is 47.1 Å². The van der Waals surface area contributed by atoms with E-state index >= 15 is 0 Å². The SMILES string of the molecule is C1COO1.c1c[nH]cn1. The Kier molecular flexibility index (Phi) is 2.82. The van der Waals surface area contributed by atoms with Crippen molar-refractivity contribution in [3.8, 4) is 0 Å². The van der Waals surface area contributed by atoms with Crippen molar-refractivity contribution in [2.24, 2.45) is 0 Å². The zero-order valence-electron chi connectivity index (χ0n) is 4.91. The molecule has 1 fully saturated rings. The molecular formula is C5H8N2O2. The van der Waals surface area contributed by atoms with Crippen LogP contribution in [0.5, 0.6) is 0 Å².